The average molecular weight is 421 g/mol. The van der Waals surface area contributed by atoms with Crippen molar-refractivity contribution in [2.45, 2.75) is 18.4 Å². The van der Waals surface area contributed by atoms with E-state index in [1.807, 2.05) is 19.1 Å². The third-order valence-electron chi connectivity index (χ3n) is 4.50. The van der Waals surface area contributed by atoms with Gasteiger partial charge in [-0.25, -0.2) is 12.4 Å². The first-order valence-corrected chi connectivity index (χ1v) is 10.6. The molecule has 1 aromatic carbocycles. The molecule has 4 rings (SSSR count). The van der Waals surface area contributed by atoms with Crippen LogP contribution in [0.1, 0.15) is 21.5 Å². The molecule has 3 aromatic heterocycles. The van der Waals surface area contributed by atoms with Gasteiger partial charge < -0.3 is 5.32 Å². The van der Waals surface area contributed by atoms with Gasteiger partial charge in [-0.15, -0.1) is 0 Å². The molecule has 30 heavy (non-hydrogen) atoms. The predicted octanol–water partition coefficient (Wildman–Crippen LogP) is 2.93. The van der Waals surface area contributed by atoms with Gasteiger partial charge in [0.15, 0.2) is 5.82 Å². The number of nitrogens with one attached hydrogen (secondary N) is 1. The van der Waals surface area contributed by atoms with E-state index in [4.69, 9.17) is 0 Å². The summed E-state index contributed by atoms with van der Waals surface area (Å²) in [4.78, 5) is 16.7. The van der Waals surface area contributed by atoms with Crippen molar-refractivity contribution in [2.75, 3.05) is 5.32 Å². The highest BCUT2D eigenvalue weighted by atomic mass is 32.2. The number of pyridine rings is 1. The third kappa shape index (κ3) is 4.15. The van der Waals surface area contributed by atoms with Crippen LogP contribution in [0, 0.1) is 6.92 Å². The van der Waals surface area contributed by atoms with Crippen LogP contribution in [0.5, 0.6) is 0 Å². The number of carbonyl (C=O) groups is 1. The highest BCUT2D eigenvalue weighted by Crippen LogP contribution is 2.17. The summed E-state index contributed by atoms with van der Waals surface area (Å²) in [5, 5.41) is 7.01. The molecule has 0 aliphatic carbocycles. The number of aromatic nitrogens is 4. The Hall–Kier alpha value is -3.72. The zero-order chi connectivity index (χ0) is 21.1. The number of anilines is 1. The summed E-state index contributed by atoms with van der Waals surface area (Å²) in [6, 6.07) is 13.4. The molecule has 0 atom stereocenters. The van der Waals surface area contributed by atoms with Crippen LogP contribution in [-0.2, 0) is 16.6 Å². The summed E-state index contributed by atoms with van der Waals surface area (Å²) in [6.45, 7) is 2.43. The molecular formula is C21H19N5O3S. The van der Waals surface area contributed by atoms with Crippen molar-refractivity contribution >= 4 is 21.7 Å². The molecule has 3 heterocycles. The molecule has 0 radical (unpaired) electrons. The summed E-state index contributed by atoms with van der Waals surface area (Å²) in [7, 11) is -3.76. The van der Waals surface area contributed by atoms with Crippen molar-refractivity contribution in [3.05, 3.63) is 96.2 Å². The van der Waals surface area contributed by atoms with Crippen LogP contribution in [0.3, 0.4) is 0 Å². The van der Waals surface area contributed by atoms with Crippen molar-refractivity contribution in [3.8, 4) is 0 Å². The quantitative estimate of drug-likeness (QED) is 0.516. The first kappa shape index (κ1) is 19.6. The lowest BCUT2D eigenvalue weighted by molar-refractivity contribution is 0.102. The molecule has 0 spiro atoms. The fourth-order valence-corrected chi connectivity index (χ4v) is 4.07. The zero-order valence-corrected chi connectivity index (χ0v) is 17.0. The Morgan fingerprint density at radius 1 is 1.00 bits per heavy atom. The molecule has 8 nitrogen and oxygen atoms in total. The Morgan fingerprint density at radius 3 is 2.47 bits per heavy atom. The van der Waals surface area contributed by atoms with E-state index in [0.29, 0.717) is 12.4 Å². The summed E-state index contributed by atoms with van der Waals surface area (Å²) in [6.07, 6.45) is 7.81. The van der Waals surface area contributed by atoms with Crippen LogP contribution in [0.25, 0.3) is 0 Å². The van der Waals surface area contributed by atoms with Gasteiger partial charge in [-0.3, -0.25) is 14.5 Å². The van der Waals surface area contributed by atoms with Gasteiger partial charge in [0.2, 0.25) is 0 Å². The van der Waals surface area contributed by atoms with Gasteiger partial charge >= 0.3 is 0 Å². The first-order chi connectivity index (χ1) is 14.4. The van der Waals surface area contributed by atoms with Crippen LogP contribution in [0.4, 0.5) is 5.82 Å². The highest BCUT2D eigenvalue weighted by molar-refractivity contribution is 7.90. The Bertz CT molecular complexity index is 1280. The highest BCUT2D eigenvalue weighted by Gasteiger charge is 2.18. The fraction of sp³-hybridized carbons (Fsp3) is 0.0952. The molecule has 4 aromatic rings. The number of hydrogen-bond donors (Lipinski definition) is 1. The zero-order valence-electron chi connectivity index (χ0n) is 16.1. The van der Waals surface area contributed by atoms with Gasteiger partial charge in [-0.05, 0) is 42.8 Å². The molecule has 1 amide bonds. The summed E-state index contributed by atoms with van der Waals surface area (Å²) < 4.78 is 28.2. The molecule has 9 heteroatoms. The molecular weight excluding hydrogens is 402 g/mol. The predicted molar refractivity (Wildman–Crippen MR) is 112 cm³/mol. The van der Waals surface area contributed by atoms with Gasteiger partial charge in [0.05, 0.1) is 17.0 Å². The summed E-state index contributed by atoms with van der Waals surface area (Å²) in [5.41, 5.74) is 2.21. The van der Waals surface area contributed by atoms with Crippen molar-refractivity contribution < 1.29 is 13.2 Å². The standard InChI is InChI=1S/C21H19N5O3S/c1-16-2-4-19(5-3-16)30(28,29)26-13-8-18(15-26)21(27)23-20-9-12-25(24-20)14-17-6-10-22-11-7-17/h2-13,15H,14H2,1H3,(H,23,24,27). The Balaban J connectivity index is 1.46. The van der Waals surface area contributed by atoms with E-state index < -0.39 is 15.9 Å². The summed E-state index contributed by atoms with van der Waals surface area (Å²) >= 11 is 0. The van der Waals surface area contributed by atoms with Crippen LogP contribution in [0.2, 0.25) is 0 Å². The lowest BCUT2D eigenvalue weighted by Crippen LogP contribution is -2.14. The van der Waals surface area contributed by atoms with Gasteiger partial charge in [-0.2, -0.15) is 5.10 Å². The number of nitrogens with zero attached hydrogens (tertiary/aromatic N) is 4. The van der Waals surface area contributed by atoms with E-state index in [2.05, 4.69) is 15.4 Å². The van der Waals surface area contributed by atoms with Crippen molar-refractivity contribution in [2.24, 2.45) is 0 Å². The molecule has 0 aliphatic rings. The molecule has 152 valence electrons. The second-order valence-electron chi connectivity index (χ2n) is 6.76. The maximum absolute atomic E-state index is 12.7. The monoisotopic (exact) mass is 421 g/mol. The molecule has 0 unspecified atom stereocenters. The Morgan fingerprint density at radius 2 is 1.73 bits per heavy atom. The first-order valence-electron chi connectivity index (χ1n) is 9.16. The Kier molecular flexibility index (Phi) is 5.20. The number of hydrogen-bond acceptors (Lipinski definition) is 5. The molecule has 0 bridgehead atoms. The number of carbonyl (C=O) groups excluding carboxylic acids is 1. The van der Waals surface area contributed by atoms with Crippen LogP contribution in [0.15, 0.2) is 84.4 Å². The van der Waals surface area contributed by atoms with Crippen LogP contribution >= 0.6 is 0 Å². The maximum Gasteiger partial charge on any atom is 0.267 e. The smallest absolute Gasteiger partial charge is 0.267 e. The van der Waals surface area contributed by atoms with E-state index in [0.717, 1.165) is 15.1 Å². The second kappa shape index (κ2) is 7.96. The van der Waals surface area contributed by atoms with Crippen molar-refractivity contribution in [3.63, 3.8) is 0 Å². The number of amides is 1. The van der Waals surface area contributed by atoms with Gasteiger partial charge in [-0.1, -0.05) is 17.7 Å². The van der Waals surface area contributed by atoms with Gasteiger partial charge in [0, 0.05) is 37.1 Å². The number of benzene rings is 1. The van der Waals surface area contributed by atoms with Crippen molar-refractivity contribution in [1.82, 2.24) is 18.7 Å². The van der Waals surface area contributed by atoms with E-state index in [1.54, 1.807) is 53.6 Å². The largest absolute Gasteiger partial charge is 0.305 e. The normalized spacial score (nSPS) is 11.4. The lowest BCUT2D eigenvalue weighted by atomic mass is 10.2. The van der Waals surface area contributed by atoms with Crippen LogP contribution in [-0.4, -0.2) is 33.1 Å². The Labute approximate surface area is 173 Å². The van der Waals surface area contributed by atoms with E-state index in [1.165, 1.54) is 18.5 Å². The summed E-state index contributed by atoms with van der Waals surface area (Å²) in [5.74, 6) is -0.0646. The van der Waals surface area contributed by atoms with Gasteiger partial charge in [0.1, 0.15) is 0 Å². The molecule has 1 N–H and O–H groups in total. The third-order valence-corrected chi connectivity index (χ3v) is 6.15. The van der Waals surface area contributed by atoms with Gasteiger partial charge in [0.25, 0.3) is 15.9 Å². The second-order valence-corrected chi connectivity index (χ2v) is 8.60. The molecule has 0 saturated heterocycles. The minimum absolute atomic E-state index is 0.158. The maximum atomic E-state index is 12.7. The van der Waals surface area contributed by atoms with E-state index in [9.17, 15) is 13.2 Å². The minimum Gasteiger partial charge on any atom is -0.305 e. The fourth-order valence-electron chi connectivity index (χ4n) is 2.87. The van der Waals surface area contributed by atoms with E-state index >= 15 is 0 Å². The SMILES string of the molecule is Cc1ccc(S(=O)(=O)n2ccc(C(=O)Nc3ccn(Cc4ccncc4)n3)c2)cc1. The topological polar surface area (TPSA) is 98.9 Å². The number of rotatable bonds is 6. The lowest BCUT2D eigenvalue weighted by Gasteiger charge is -2.06. The molecule has 0 aliphatic heterocycles. The molecule has 0 fully saturated rings. The average Bonchev–Trinajstić information content (AvgIpc) is 3.39. The van der Waals surface area contributed by atoms with Crippen LogP contribution < -0.4 is 5.32 Å². The van der Waals surface area contributed by atoms with Crippen molar-refractivity contribution in [1.29, 1.82) is 0 Å². The number of aryl methyl sites for hydroxylation is 1. The minimum atomic E-state index is -3.76. The van der Waals surface area contributed by atoms with E-state index in [-0.39, 0.29) is 10.5 Å². The molecule has 0 saturated carbocycles.